The second-order valence-corrected chi connectivity index (χ2v) is 5.59. The summed E-state index contributed by atoms with van der Waals surface area (Å²) >= 11 is 5.40. The minimum Gasteiger partial charge on any atom is -0.359 e. The van der Waals surface area contributed by atoms with Crippen LogP contribution in [0.15, 0.2) is 54.6 Å². The van der Waals surface area contributed by atoms with Crippen LogP contribution in [0, 0.1) is 6.92 Å². The van der Waals surface area contributed by atoms with Gasteiger partial charge in [0.05, 0.1) is 6.04 Å². The molecule has 21 heavy (non-hydrogen) atoms. The van der Waals surface area contributed by atoms with Gasteiger partial charge < -0.3 is 10.6 Å². The van der Waals surface area contributed by atoms with Crippen molar-refractivity contribution in [1.82, 2.24) is 10.6 Å². The molecule has 0 bridgehead atoms. The molecule has 3 heteroatoms. The summed E-state index contributed by atoms with van der Waals surface area (Å²) in [5.74, 6) is 0. The van der Waals surface area contributed by atoms with Gasteiger partial charge in [-0.15, -0.1) is 0 Å². The number of nitrogens with one attached hydrogen (secondary N) is 2. The lowest BCUT2D eigenvalue weighted by atomic mass is 10.1. The summed E-state index contributed by atoms with van der Waals surface area (Å²) in [4.78, 5) is 0. The van der Waals surface area contributed by atoms with Crippen LogP contribution in [-0.2, 0) is 6.54 Å². The second kappa shape index (κ2) is 7.79. The average molecular weight is 298 g/mol. The van der Waals surface area contributed by atoms with Crippen LogP contribution in [0.4, 0.5) is 0 Å². The molecule has 1 atom stereocenters. The lowest BCUT2D eigenvalue weighted by Gasteiger charge is -2.20. The van der Waals surface area contributed by atoms with Crippen LogP contribution in [-0.4, -0.2) is 5.11 Å². The maximum absolute atomic E-state index is 5.40. The standard InChI is InChI=1S/C18H22N2S/c1-3-17(16-7-5-4-6-8-16)20-18(21)19-13-15-11-9-14(2)10-12-15/h4-12,17H,3,13H2,1-2H3,(H2,19,20,21). The lowest BCUT2D eigenvalue weighted by Crippen LogP contribution is -2.37. The van der Waals surface area contributed by atoms with Crippen molar-refractivity contribution < 1.29 is 0 Å². The molecule has 0 saturated heterocycles. The maximum atomic E-state index is 5.40. The molecule has 2 nitrogen and oxygen atoms in total. The van der Waals surface area contributed by atoms with Crippen molar-refractivity contribution in [2.75, 3.05) is 0 Å². The minimum absolute atomic E-state index is 0.254. The number of hydrogen-bond donors (Lipinski definition) is 2. The van der Waals surface area contributed by atoms with Crippen LogP contribution in [0.1, 0.15) is 36.1 Å². The zero-order valence-electron chi connectivity index (χ0n) is 12.6. The summed E-state index contributed by atoms with van der Waals surface area (Å²) in [6.45, 7) is 5.00. The maximum Gasteiger partial charge on any atom is 0.167 e. The first-order chi connectivity index (χ1) is 10.2. The van der Waals surface area contributed by atoms with Gasteiger partial charge in [-0.2, -0.15) is 0 Å². The Kier molecular flexibility index (Phi) is 5.76. The van der Waals surface area contributed by atoms with Crippen molar-refractivity contribution >= 4 is 17.3 Å². The van der Waals surface area contributed by atoms with E-state index in [2.05, 4.69) is 73.0 Å². The Hall–Kier alpha value is -1.87. The minimum atomic E-state index is 0.254. The molecule has 2 aromatic rings. The largest absolute Gasteiger partial charge is 0.359 e. The molecule has 0 aliphatic carbocycles. The first-order valence-corrected chi connectivity index (χ1v) is 7.74. The van der Waals surface area contributed by atoms with Gasteiger partial charge in [0, 0.05) is 6.54 Å². The Labute approximate surface area is 132 Å². The van der Waals surface area contributed by atoms with E-state index >= 15 is 0 Å². The van der Waals surface area contributed by atoms with Gasteiger partial charge in [-0.3, -0.25) is 0 Å². The molecule has 0 aliphatic heterocycles. The molecule has 110 valence electrons. The van der Waals surface area contributed by atoms with Crippen LogP contribution in [0.3, 0.4) is 0 Å². The topological polar surface area (TPSA) is 24.1 Å². The number of thiocarbonyl (C=S) groups is 1. The van der Waals surface area contributed by atoms with Crippen LogP contribution < -0.4 is 10.6 Å². The van der Waals surface area contributed by atoms with Crippen molar-refractivity contribution in [3.8, 4) is 0 Å². The predicted octanol–water partition coefficient (Wildman–Crippen LogP) is 4.11. The molecule has 2 N–H and O–H groups in total. The van der Waals surface area contributed by atoms with Gasteiger partial charge in [-0.25, -0.2) is 0 Å². The molecule has 0 aromatic heterocycles. The fourth-order valence-corrected chi connectivity index (χ4v) is 2.42. The molecule has 0 radical (unpaired) electrons. The Morgan fingerprint density at radius 3 is 2.33 bits per heavy atom. The van der Waals surface area contributed by atoms with Gasteiger partial charge in [0.25, 0.3) is 0 Å². The molecular formula is C18H22N2S. The van der Waals surface area contributed by atoms with Gasteiger partial charge in [0.2, 0.25) is 0 Å². The third-order valence-electron chi connectivity index (χ3n) is 3.49. The fraction of sp³-hybridized carbons (Fsp3) is 0.278. The van der Waals surface area contributed by atoms with Gasteiger partial charge in [-0.05, 0) is 36.7 Å². The molecular weight excluding hydrogens is 276 g/mol. The summed E-state index contributed by atoms with van der Waals surface area (Å²) in [7, 11) is 0. The summed E-state index contributed by atoms with van der Waals surface area (Å²) in [5, 5.41) is 7.36. The van der Waals surface area contributed by atoms with E-state index in [0.717, 1.165) is 13.0 Å². The van der Waals surface area contributed by atoms with E-state index in [0.29, 0.717) is 5.11 Å². The zero-order valence-corrected chi connectivity index (χ0v) is 13.4. The van der Waals surface area contributed by atoms with E-state index in [1.807, 2.05) is 6.07 Å². The Balaban J connectivity index is 1.87. The predicted molar refractivity (Wildman–Crippen MR) is 93.2 cm³/mol. The monoisotopic (exact) mass is 298 g/mol. The summed E-state index contributed by atoms with van der Waals surface area (Å²) in [5.41, 5.74) is 3.77. The molecule has 2 rings (SSSR count). The van der Waals surface area contributed by atoms with Crippen molar-refractivity contribution in [3.63, 3.8) is 0 Å². The van der Waals surface area contributed by atoms with Gasteiger partial charge in [0.1, 0.15) is 0 Å². The molecule has 0 fully saturated rings. The highest BCUT2D eigenvalue weighted by Crippen LogP contribution is 2.15. The van der Waals surface area contributed by atoms with Crippen LogP contribution in [0.5, 0.6) is 0 Å². The molecule has 0 spiro atoms. The third kappa shape index (κ3) is 4.87. The number of benzene rings is 2. The second-order valence-electron chi connectivity index (χ2n) is 5.18. The highest BCUT2D eigenvalue weighted by atomic mass is 32.1. The van der Waals surface area contributed by atoms with Gasteiger partial charge in [0.15, 0.2) is 5.11 Å². The summed E-state index contributed by atoms with van der Waals surface area (Å²) < 4.78 is 0. The van der Waals surface area contributed by atoms with Crippen LogP contribution in [0.2, 0.25) is 0 Å². The van der Waals surface area contributed by atoms with E-state index < -0.39 is 0 Å². The molecule has 1 unspecified atom stereocenters. The van der Waals surface area contributed by atoms with Crippen molar-refractivity contribution in [1.29, 1.82) is 0 Å². The smallest absolute Gasteiger partial charge is 0.167 e. The molecule has 0 heterocycles. The van der Waals surface area contributed by atoms with E-state index in [-0.39, 0.29) is 6.04 Å². The van der Waals surface area contributed by atoms with E-state index in [9.17, 15) is 0 Å². The Morgan fingerprint density at radius 2 is 1.71 bits per heavy atom. The quantitative estimate of drug-likeness (QED) is 0.812. The first kappa shape index (κ1) is 15.5. The highest BCUT2D eigenvalue weighted by molar-refractivity contribution is 7.80. The van der Waals surface area contributed by atoms with Crippen LogP contribution in [0.25, 0.3) is 0 Å². The normalized spacial score (nSPS) is 11.7. The van der Waals surface area contributed by atoms with E-state index in [1.54, 1.807) is 0 Å². The number of aryl methyl sites for hydroxylation is 1. The van der Waals surface area contributed by atoms with Crippen molar-refractivity contribution in [2.24, 2.45) is 0 Å². The SMILES string of the molecule is CCC(NC(=S)NCc1ccc(C)cc1)c1ccccc1. The van der Waals surface area contributed by atoms with E-state index in [4.69, 9.17) is 12.2 Å². The van der Waals surface area contributed by atoms with Crippen molar-refractivity contribution in [2.45, 2.75) is 32.9 Å². The van der Waals surface area contributed by atoms with Gasteiger partial charge in [-0.1, -0.05) is 67.1 Å². The Morgan fingerprint density at radius 1 is 1.05 bits per heavy atom. The molecule has 2 aromatic carbocycles. The average Bonchev–Trinajstić information content (AvgIpc) is 2.53. The fourth-order valence-electron chi connectivity index (χ4n) is 2.20. The third-order valence-corrected chi connectivity index (χ3v) is 3.75. The molecule has 0 aliphatic rings. The van der Waals surface area contributed by atoms with E-state index in [1.165, 1.54) is 16.7 Å². The molecule has 0 amide bonds. The Bertz CT molecular complexity index is 564. The summed E-state index contributed by atoms with van der Waals surface area (Å²) in [6.07, 6.45) is 0.996. The lowest BCUT2D eigenvalue weighted by molar-refractivity contribution is 0.616. The van der Waals surface area contributed by atoms with Gasteiger partial charge >= 0.3 is 0 Å². The number of hydrogen-bond acceptors (Lipinski definition) is 1. The zero-order chi connectivity index (χ0) is 15.1. The first-order valence-electron chi connectivity index (χ1n) is 7.34. The van der Waals surface area contributed by atoms with Crippen LogP contribution >= 0.6 is 12.2 Å². The number of rotatable bonds is 5. The highest BCUT2D eigenvalue weighted by Gasteiger charge is 2.09. The summed E-state index contributed by atoms with van der Waals surface area (Å²) in [6, 6.07) is 19.1. The van der Waals surface area contributed by atoms with Crippen molar-refractivity contribution in [3.05, 3.63) is 71.3 Å². The molecule has 0 saturated carbocycles.